The van der Waals surface area contributed by atoms with Crippen molar-refractivity contribution in [2.45, 2.75) is 33.4 Å². The van der Waals surface area contributed by atoms with E-state index in [9.17, 15) is 0 Å². The Morgan fingerprint density at radius 3 is 2.34 bits per heavy atom. The molecule has 0 aliphatic heterocycles. The van der Waals surface area contributed by atoms with Crippen LogP contribution in [0.15, 0.2) is 73.1 Å². The molecule has 4 nitrogen and oxygen atoms in total. The number of hydrogen-bond donors (Lipinski definition) is 1. The molecule has 2 aromatic carbocycles. The average molecular weight is 406 g/mol. The number of nitrogens with one attached hydrogen (secondary N) is 1. The van der Waals surface area contributed by atoms with Gasteiger partial charge in [0.25, 0.3) is 0 Å². The standard InChI is InChI=1S/C24H27N3OS/c1-3-19-11-13-20(14-12-19)17-27(18-21-8-7-15-25-16-21)24(29)26-22-9-5-6-10-23(22)28-4-2/h5-16H,3-4,17-18H2,1-2H3,(H,26,29). The van der Waals surface area contributed by atoms with Crippen LogP contribution in [-0.4, -0.2) is 21.6 Å². The van der Waals surface area contributed by atoms with Crippen molar-refractivity contribution >= 4 is 23.0 Å². The van der Waals surface area contributed by atoms with Crippen molar-refractivity contribution < 1.29 is 4.74 Å². The summed E-state index contributed by atoms with van der Waals surface area (Å²) >= 11 is 5.79. The maximum absolute atomic E-state index is 5.79. The number of pyridine rings is 1. The maximum atomic E-state index is 5.79. The number of thiocarbonyl (C=S) groups is 1. The first-order valence-corrected chi connectivity index (χ1v) is 10.3. The lowest BCUT2D eigenvalue weighted by molar-refractivity contribution is 0.342. The largest absolute Gasteiger partial charge is 0.492 e. The highest BCUT2D eigenvalue weighted by Gasteiger charge is 2.14. The lowest BCUT2D eigenvalue weighted by Gasteiger charge is -2.27. The highest BCUT2D eigenvalue weighted by Crippen LogP contribution is 2.24. The number of rotatable bonds is 8. The van der Waals surface area contributed by atoms with Crippen molar-refractivity contribution in [1.29, 1.82) is 0 Å². The number of para-hydroxylation sites is 2. The third kappa shape index (κ3) is 6.03. The number of aromatic nitrogens is 1. The van der Waals surface area contributed by atoms with Gasteiger partial charge in [0.05, 0.1) is 12.3 Å². The predicted molar refractivity (Wildman–Crippen MR) is 123 cm³/mol. The molecule has 0 fully saturated rings. The molecule has 3 rings (SSSR count). The van der Waals surface area contributed by atoms with Gasteiger partial charge in [0.2, 0.25) is 0 Å². The summed E-state index contributed by atoms with van der Waals surface area (Å²) in [6.45, 7) is 6.13. The third-order valence-electron chi connectivity index (χ3n) is 4.62. The monoisotopic (exact) mass is 405 g/mol. The maximum Gasteiger partial charge on any atom is 0.174 e. The first-order chi connectivity index (χ1) is 14.2. The van der Waals surface area contributed by atoms with Crippen LogP contribution in [0, 0.1) is 0 Å². The first kappa shape index (κ1) is 20.8. The summed E-state index contributed by atoms with van der Waals surface area (Å²) in [5.41, 5.74) is 4.53. The number of hydrogen-bond acceptors (Lipinski definition) is 3. The van der Waals surface area contributed by atoms with Gasteiger partial charge in [-0.3, -0.25) is 4.98 Å². The molecule has 1 aromatic heterocycles. The number of benzene rings is 2. The van der Waals surface area contributed by atoms with Gasteiger partial charge in [-0.05, 0) is 60.5 Å². The Balaban J connectivity index is 1.80. The molecule has 29 heavy (non-hydrogen) atoms. The minimum absolute atomic E-state index is 0.606. The second-order valence-corrected chi connectivity index (χ2v) is 7.13. The van der Waals surface area contributed by atoms with Crippen molar-refractivity contribution in [3.63, 3.8) is 0 Å². The minimum atomic E-state index is 0.606. The Kier molecular flexibility index (Phi) is 7.59. The molecule has 0 bridgehead atoms. The van der Waals surface area contributed by atoms with Crippen LogP contribution >= 0.6 is 12.2 Å². The molecule has 0 aliphatic carbocycles. The molecule has 0 aliphatic rings. The predicted octanol–water partition coefficient (Wildman–Crippen LogP) is 5.44. The first-order valence-electron chi connectivity index (χ1n) is 9.94. The van der Waals surface area contributed by atoms with E-state index >= 15 is 0 Å². The molecular formula is C24H27N3OS. The normalized spacial score (nSPS) is 10.4. The second kappa shape index (κ2) is 10.6. The Labute approximate surface area is 178 Å². The molecule has 0 amide bonds. The summed E-state index contributed by atoms with van der Waals surface area (Å²) in [6.07, 6.45) is 4.70. The molecule has 0 radical (unpaired) electrons. The van der Waals surface area contributed by atoms with E-state index in [2.05, 4.69) is 52.5 Å². The molecule has 0 atom stereocenters. The van der Waals surface area contributed by atoms with Crippen LogP contribution < -0.4 is 10.1 Å². The van der Waals surface area contributed by atoms with E-state index in [-0.39, 0.29) is 0 Å². The molecule has 0 unspecified atom stereocenters. The van der Waals surface area contributed by atoms with Crippen molar-refractivity contribution in [2.24, 2.45) is 0 Å². The van der Waals surface area contributed by atoms with E-state index < -0.39 is 0 Å². The number of nitrogens with zero attached hydrogens (tertiary/aromatic N) is 2. The van der Waals surface area contributed by atoms with Crippen molar-refractivity contribution in [1.82, 2.24) is 9.88 Å². The molecule has 0 spiro atoms. The van der Waals surface area contributed by atoms with Gasteiger partial charge in [0, 0.05) is 25.5 Å². The van der Waals surface area contributed by atoms with E-state index in [0.29, 0.717) is 24.8 Å². The quantitative estimate of drug-likeness (QED) is 0.505. The summed E-state index contributed by atoms with van der Waals surface area (Å²) in [7, 11) is 0. The number of ether oxygens (including phenoxy) is 1. The van der Waals surface area contributed by atoms with E-state index in [1.807, 2.05) is 43.5 Å². The summed E-state index contributed by atoms with van der Waals surface area (Å²) in [4.78, 5) is 6.39. The van der Waals surface area contributed by atoms with E-state index in [1.165, 1.54) is 11.1 Å². The molecule has 0 saturated carbocycles. The Morgan fingerprint density at radius 1 is 0.931 bits per heavy atom. The van der Waals surface area contributed by atoms with Gasteiger partial charge in [-0.25, -0.2) is 0 Å². The van der Waals surface area contributed by atoms with Crippen LogP contribution in [0.5, 0.6) is 5.75 Å². The van der Waals surface area contributed by atoms with Gasteiger partial charge >= 0.3 is 0 Å². The van der Waals surface area contributed by atoms with Crippen molar-refractivity contribution in [2.75, 3.05) is 11.9 Å². The lowest BCUT2D eigenvalue weighted by atomic mass is 10.1. The Bertz CT molecular complexity index is 913. The van der Waals surface area contributed by atoms with Gasteiger partial charge < -0.3 is 15.0 Å². The fourth-order valence-electron chi connectivity index (χ4n) is 3.06. The zero-order valence-electron chi connectivity index (χ0n) is 17.0. The van der Waals surface area contributed by atoms with Gasteiger partial charge in [-0.1, -0.05) is 49.4 Å². The van der Waals surface area contributed by atoms with Crippen LogP contribution in [0.1, 0.15) is 30.5 Å². The molecule has 3 aromatic rings. The Hall–Kier alpha value is -2.92. The van der Waals surface area contributed by atoms with Crippen LogP contribution in [-0.2, 0) is 19.5 Å². The summed E-state index contributed by atoms with van der Waals surface area (Å²) in [5.74, 6) is 0.797. The smallest absolute Gasteiger partial charge is 0.174 e. The summed E-state index contributed by atoms with van der Waals surface area (Å²) < 4.78 is 5.73. The van der Waals surface area contributed by atoms with Crippen molar-refractivity contribution in [3.05, 3.63) is 89.7 Å². The summed E-state index contributed by atoms with van der Waals surface area (Å²) in [6, 6.07) is 20.6. The van der Waals surface area contributed by atoms with Crippen LogP contribution in [0.3, 0.4) is 0 Å². The second-order valence-electron chi connectivity index (χ2n) is 6.75. The topological polar surface area (TPSA) is 37.4 Å². The van der Waals surface area contributed by atoms with E-state index in [0.717, 1.165) is 23.4 Å². The fraction of sp³-hybridized carbons (Fsp3) is 0.250. The van der Waals surface area contributed by atoms with Crippen LogP contribution in [0.4, 0.5) is 5.69 Å². The van der Waals surface area contributed by atoms with Gasteiger partial charge in [0.15, 0.2) is 5.11 Å². The van der Waals surface area contributed by atoms with Crippen LogP contribution in [0.25, 0.3) is 0 Å². The molecular weight excluding hydrogens is 378 g/mol. The molecule has 1 heterocycles. The Morgan fingerprint density at radius 2 is 1.66 bits per heavy atom. The number of anilines is 1. The molecule has 150 valence electrons. The fourth-order valence-corrected chi connectivity index (χ4v) is 3.30. The average Bonchev–Trinajstić information content (AvgIpc) is 2.76. The lowest BCUT2D eigenvalue weighted by Crippen LogP contribution is -2.34. The third-order valence-corrected chi connectivity index (χ3v) is 4.98. The molecule has 1 N–H and O–H groups in total. The summed E-state index contributed by atoms with van der Waals surface area (Å²) in [5, 5.41) is 4.02. The van der Waals surface area contributed by atoms with Crippen molar-refractivity contribution in [3.8, 4) is 5.75 Å². The minimum Gasteiger partial charge on any atom is -0.492 e. The highest BCUT2D eigenvalue weighted by atomic mass is 32.1. The zero-order valence-corrected chi connectivity index (χ0v) is 17.8. The SMILES string of the molecule is CCOc1ccccc1NC(=S)N(Cc1ccc(CC)cc1)Cc1cccnc1. The van der Waals surface area contributed by atoms with E-state index in [1.54, 1.807) is 6.20 Å². The van der Waals surface area contributed by atoms with Gasteiger partial charge in [-0.15, -0.1) is 0 Å². The number of aryl methyl sites for hydroxylation is 1. The van der Waals surface area contributed by atoms with Gasteiger partial charge in [-0.2, -0.15) is 0 Å². The van der Waals surface area contributed by atoms with Crippen LogP contribution in [0.2, 0.25) is 0 Å². The molecule has 5 heteroatoms. The van der Waals surface area contributed by atoms with Gasteiger partial charge in [0.1, 0.15) is 5.75 Å². The van der Waals surface area contributed by atoms with E-state index in [4.69, 9.17) is 17.0 Å². The zero-order chi connectivity index (χ0) is 20.5. The molecule has 0 saturated heterocycles. The highest BCUT2D eigenvalue weighted by molar-refractivity contribution is 7.80.